The fraction of sp³-hybridized carbons (Fsp3) is 0.316. The Kier molecular flexibility index (Phi) is 4.89. The van der Waals surface area contributed by atoms with Crippen molar-refractivity contribution in [1.82, 2.24) is 19.9 Å². The standard InChI is InChI=1S/C19H22N4O/c1-14-5-6-16-12-17(15(2)22-18(16)11-14)19(24)21-7-3-4-9-23-10-8-20-13-23/h5-6,8,10-13H,3-4,7,9H2,1-2H3,(H,21,24). The number of carbonyl (C=O) groups excluding carboxylic acids is 1. The topological polar surface area (TPSA) is 59.8 Å². The molecule has 0 bridgehead atoms. The highest BCUT2D eigenvalue weighted by Crippen LogP contribution is 2.18. The number of unbranched alkanes of at least 4 members (excludes halogenated alkanes) is 1. The molecule has 24 heavy (non-hydrogen) atoms. The van der Waals surface area contributed by atoms with Gasteiger partial charge >= 0.3 is 0 Å². The third-order valence-electron chi connectivity index (χ3n) is 4.10. The van der Waals surface area contributed by atoms with Crippen molar-refractivity contribution >= 4 is 16.8 Å². The lowest BCUT2D eigenvalue weighted by Crippen LogP contribution is -2.25. The SMILES string of the molecule is Cc1ccc2cc(C(=O)NCCCCn3ccnc3)c(C)nc2c1. The molecule has 1 aromatic carbocycles. The smallest absolute Gasteiger partial charge is 0.253 e. The molecule has 2 heterocycles. The number of nitrogens with one attached hydrogen (secondary N) is 1. The Bertz CT molecular complexity index is 840. The average molecular weight is 322 g/mol. The second kappa shape index (κ2) is 7.25. The number of amides is 1. The Hall–Kier alpha value is -2.69. The maximum atomic E-state index is 12.4. The molecular formula is C19H22N4O. The van der Waals surface area contributed by atoms with Crippen LogP contribution in [-0.2, 0) is 6.54 Å². The zero-order chi connectivity index (χ0) is 16.9. The molecule has 124 valence electrons. The van der Waals surface area contributed by atoms with Gasteiger partial charge in [0.15, 0.2) is 0 Å². The van der Waals surface area contributed by atoms with Crippen LogP contribution in [0.3, 0.4) is 0 Å². The molecule has 0 radical (unpaired) electrons. The highest BCUT2D eigenvalue weighted by Gasteiger charge is 2.11. The van der Waals surface area contributed by atoms with Gasteiger partial charge in [0.25, 0.3) is 5.91 Å². The minimum absolute atomic E-state index is 0.0508. The van der Waals surface area contributed by atoms with Crippen LogP contribution in [0.15, 0.2) is 43.0 Å². The number of carbonyl (C=O) groups is 1. The summed E-state index contributed by atoms with van der Waals surface area (Å²) in [7, 11) is 0. The number of nitrogens with zero attached hydrogens (tertiary/aromatic N) is 3. The number of hydrogen-bond acceptors (Lipinski definition) is 3. The van der Waals surface area contributed by atoms with Gasteiger partial charge in [-0.3, -0.25) is 9.78 Å². The summed E-state index contributed by atoms with van der Waals surface area (Å²) in [5, 5.41) is 3.99. The summed E-state index contributed by atoms with van der Waals surface area (Å²) in [6, 6.07) is 8.02. The summed E-state index contributed by atoms with van der Waals surface area (Å²) in [6.45, 7) is 5.52. The van der Waals surface area contributed by atoms with Crippen LogP contribution in [0.2, 0.25) is 0 Å². The summed E-state index contributed by atoms with van der Waals surface area (Å²) in [4.78, 5) is 21.0. The first-order chi connectivity index (χ1) is 11.6. The van der Waals surface area contributed by atoms with E-state index in [-0.39, 0.29) is 5.91 Å². The first-order valence-corrected chi connectivity index (χ1v) is 8.25. The van der Waals surface area contributed by atoms with Gasteiger partial charge in [0, 0.05) is 30.9 Å². The maximum Gasteiger partial charge on any atom is 0.253 e. The molecule has 0 spiro atoms. The molecule has 1 N–H and O–H groups in total. The van der Waals surface area contributed by atoms with Gasteiger partial charge in [-0.05, 0) is 44.4 Å². The number of fused-ring (bicyclic) bond motifs is 1. The largest absolute Gasteiger partial charge is 0.352 e. The Balaban J connectivity index is 1.57. The van der Waals surface area contributed by atoms with E-state index in [1.54, 1.807) is 6.20 Å². The molecule has 3 aromatic rings. The van der Waals surface area contributed by atoms with Gasteiger partial charge in [-0.2, -0.15) is 0 Å². The van der Waals surface area contributed by atoms with Gasteiger partial charge in [0.05, 0.1) is 23.1 Å². The Morgan fingerprint density at radius 3 is 2.88 bits per heavy atom. The minimum Gasteiger partial charge on any atom is -0.352 e. The molecule has 0 saturated carbocycles. The minimum atomic E-state index is -0.0508. The van der Waals surface area contributed by atoms with E-state index in [4.69, 9.17) is 0 Å². The molecule has 0 aliphatic heterocycles. The molecule has 0 unspecified atom stereocenters. The molecule has 2 aromatic heterocycles. The number of benzene rings is 1. The molecule has 5 nitrogen and oxygen atoms in total. The predicted octanol–water partition coefficient (Wildman–Crippen LogP) is 3.26. The van der Waals surface area contributed by atoms with Crippen LogP contribution >= 0.6 is 0 Å². The fourth-order valence-corrected chi connectivity index (χ4v) is 2.74. The number of aromatic nitrogens is 3. The van der Waals surface area contributed by atoms with E-state index >= 15 is 0 Å². The predicted molar refractivity (Wildman–Crippen MR) is 95.0 cm³/mol. The average Bonchev–Trinajstić information content (AvgIpc) is 3.07. The van der Waals surface area contributed by atoms with Crippen molar-refractivity contribution in [3.8, 4) is 0 Å². The molecule has 0 saturated heterocycles. The van der Waals surface area contributed by atoms with Gasteiger partial charge in [-0.1, -0.05) is 12.1 Å². The number of pyridine rings is 1. The third kappa shape index (κ3) is 3.79. The van der Waals surface area contributed by atoms with Crippen molar-refractivity contribution in [3.63, 3.8) is 0 Å². The van der Waals surface area contributed by atoms with E-state index in [1.165, 1.54) is 5.56 Å². The highest BCUT2D eigenvalue weighted by molar-refractivity contribution is 5.98. The highest BCUT2D eigenvalue weighted by atomic mass is 16.1. The summed E-state index contributed by atoms with van der Waals surface area (Å²) in [5.41, 5.74) is 3.53. The monoisotopic (exact) mass is 322 g/mol. The first-order valence-electron chi connectivity index (χ1n) is 8.25. The van der Waals surface area contributed by atoms with Crippen molar-refractivity contribution in [2.45, 2.75) is 33.2 Å². The summed E-state index contributed by atoms with van der Waals surface area (Å²) < 4.78 is 2.04. The van der Waals surface area contributed by atoms with Crippen LogP contribution in [-0.4, -0.2) is 27.0 Å². The van der Waals surface area contributed by atoms with Gasteiger partial charge in [-0.25, -0.2) is 4.98 Å². The molecule has 1 amide bonds. The van der Waals surface area contributed by atoms with E-state index in [9.17, 15) is 4.79 Å². The van der Waals surface area contributed by atoms with Crippen LogP contribution in [0.25, 0.3) is 10.9 Å². The molecule has 3 rings (SSSR count). The number of imidazole rings is 1. The number of aryl methyl sites for hydroxylation is 3. The summed E-state index contributed by atoms with van der Waals surface area (Å²) in [6.07, 6.45) is 7.47. The molecular weight excluding hydrogens is 300 g/mol. The van der Waals surface area contributed by atoms with E-state index in [2.05, 4.69) is 15.3 Å². The van der Waals surface area contributed by atoms with Gasteiger partial charge < -0.3 is 9.88 Å². The van der Waals surface area contributed by atoms with Crippen LogP contribution in [0.1, 0.15) is 34.5 Å². The fourth-order valence-electron chi connectivity index (χ4n) is 2.74. The lowest BCUT2D eigenvalue weighted by atomic mass is 10.1. The summed E-state index contributed by atoms with van der Waals surface area (Å²) >= 11 is 0. The van der Waals surface area contributed by atoms with Crippen LogP contribution in [0.5, 0.6) is 0 Å². The summed E-state index contributed by atoms with van der Waals surface area (Å²) in [5.74, 6) is -0.0508. The quantitative estimate of drug-likeness (QED) is 0.709. The maximum absolute atomic E-state index is 12.4. The van der Waals surface area contributed by atoms with E-state index in [0.717, 1.165) is 36.0 Å². The van der Waals surface area contributed by atoms with Gasteiger partial charge in [0.2, 0.25) is 0 Å². The molecule has 5 heteroatoms. The molecule has 0 aliphatic rings. The zero-order valence-electron chi connectivity index (χ0n) is 14.1. The number of rotatable bonds is 6. The Labute approximate surface area is 141 Å². The van der Waals surface area contributed by atoms with Crippen LogP contribution < -0.4 is 5.32 Å². The van der Waals surface area contributed by atoms with Crippen molar-refractivity contribution in [1.29, 1.82) is 0 Å². The van der Waals surface area contributed by atoms with Crippen molar-refractivity contribution in [2.24, 2.45) is 0 Å². The Morgan fingerprint density at radius 2 is 2.08 bits per heavy atom. The number of hydrogen-bond donors (Lipinski definition) is 1. The lowest BCUT2D eigenvalue weighted by molar-refractivity contribution is 0.0952. The van der Waals surface area contributed by atoms with Crippen LogP contribution in [0, 0.1) is 13.8 Å². The first kappa shape index (κ1) is 16.2. The van der Waals surface area contributed by atoms with E-state index in [0.29, 0.717) is 12.1 Å². The van der Waals surface area contributed by atoms with Crippen molar-refractivity contribution in [2.75, 3.05) is 6.54 Å². The zero-order valence-corrected chi connectivity index (χ0v) is 14.1. The second-order valence-electron chi connectivity index (χ2n) is 6.08. The lowest BCUT2D eigenvalue weighted by Gasteiger charge is -2.09. The van der Waals surface area contributed by atoms with Crippen molar-refractivity contribution < 1.29 is 4.79 Å². The second-order valence-corrected chi connectivity index (χ2v) is 6.08. The van der Waals surface area contributed by atoms with E-state index in [1.807, 2.05) is 55.2 Å². The molecule has 0 aliphatic carbocycles. The molecule has 0 fully saturated rings. The normalized spacial score (nSPS) is 10.9. The van der Waals surface area contributed by atoms with Crippen molar-refractivity contribution in [3.05, 3.63) is 59.8 Å². The van der Waals surface area contributed by atoms with Gasteiger partial charge in [-0.15, -0.1) is 0 Å². The third-order valence-corrected chi connectivity index (χ3v) is 4.10. The van der Waals surface area contributed by atoms with Crippen LogP contribution in [0.4, 0.5) is 0 Å². The molecule has 0 atom stereocenters. The Morgan fingerprint density at radius 1 is 1.21 bits per heavy atom. The van der Waals surface area contributed by atoms with E-state index < -0.39 is 0 Å². The van der Waals surface area contributed by atoms with Gasteiger partial charge in [0.1, 0.15) is 0 Å².